The predicted molar refractivity (Wildman–Crippen MR) is 91.8 cm³/mol. The molecular formula is C17H14Cl2N2O. The first-order valence-corrected chi connectivity index (χ1v) is 7.57. The Kier molecular flexibility index (Phi) is 4.48. The van der Waals surface area contributed by atoms with Crippen molar-refractivity contribution in [2.24, 2.45) is 4.99 Å². The van der Waals surface area contributed by atoms with Crippen molar-refractivity contribution in [3.63, 3.8) is 0 Å². The normalized spacial score (nSPS) is 15.6. The van der Waals surface area contributed by atoms with Crippen LogP contribution in [0.15, 0.2) is 65.3 Å². The summed E-state index contributed by atoms with van der Waals surface area (Å²) in [5.74, 6) is 0. The fraction of sp³-hybridized carbons (Fsp3) is 0.118. The van der Waals surface area contributed by atoms with E-state index in [-0.39, 0.29) is 0 Å². The van der Waals surface area contributed by atoms with Crippen molar-refractivity contribution >= 4 is 35.1 Å². The maximum Gasteiger partial charge on any atom is 0.114 e. The fourth-order valence-electron chi connectivity index (χ4n) is 2.30. The lowest BCUT2D eigenvalue weighted by molar-refractivity contribution is 0.222. The van der Waals surface area contributed by atoms with Gasteiger partial charge in [-0.1, -0.05) is 47.5 Å². The van der Waals surface area contributed by atoms with Crippen molar-refractivity contribution in [1.82, 2.24) is 0 Å². The fourth-order valence-corrected chi connectivity index (χ4v) is 2.67. The summed E-state index contributed by atoms with van der Waals surface area (Å²) in [6.45, 7) is 0.473. The maximum atomic E-state index is 10.5. The van der Waals surface area contributed by atoms with Gasteiger partial charge in [0.25, 0.3) is 0 Å². The number of hydrogen-bond acceptors (Lipinski definition) is 3. The molecule has 1 heterocycles. The number of benzene rings is 2. The summed E-state index contributed by atoms with van der Waals surface area (Å²) in [6.07, 6.45) is 2.80. The summed E-state index contributed by atoms with van der Waals surface area (Å²) in [5, 5.41) is 11.8. The highest BCUT2D eigenvalue weighted by Crippen LogP contribution is 2.29. The number of anilines is 1. The van der Waals surface area contributed by atoms with Gasteiger partial charge in [0, 0.05) is 23.0 Å². The lowest BCUT2D eigenvalue weighted by Crippen LogP contribution is -2.22. The molecule has 1 N–H and O–H groups in total. The maximum absolute atomic E-state index is 10.5. The zero-order chi connectivity index (χ0) is 15.5. The quantitative estimate of drug-likeness (QED) is 0.900. The van der Waals surface area contributed by atoms with E-state index in [9.17, 15) is 5.11 Å². The van der Waals surface area contributed by atoms with Gasteiger partial charge in [-0.05, 0) is 29.8 Å². The molecule has 112 valence electrons. The summed E-state index contributed by atoms with van der Waals surface area (Å²) in [6, 6.07) is 14.7. The van der Waals surface area contributed by atoms with E-state index in [2.05, 4.69) is 4.99 Å². The van der Waals surface area contributed by atoms with Crippen molar-refractivity contribution in [2.75, 3.05) is 11.6 Å². The molecule has 0 saturated carbocycles. The van der Waals surface area contributed by atoms with Gasteiger partial charge in [-0.15, -0.1) is 0 Å². The van der Waals surface area contributed by atoms with Gasteiger partial charge < -0.3 is 10.0 Å². The zero-order valence-electron chi connectivity index (χ0n) is 11.7. The second-order valence-corrected chi connectivity index (χ2v) is 5.80. The molecule has 3 nitrogen and oxygen atoms in total. The number of halogens is 2. The summed E-state index contributed by atoms with van der Waals surface area (Å²) in [7, 11) is 0. The van der Waals surface area contributed by atoms with E-state index in [1.807, 2.05) is 35.4 Å². The third kappa shape index (κ3) is 3.17. The van der Waals surface area contributed by atoms with Crippen LogP contribution in [-0.2, 0) is 0 Å². The van der Waals surface area contributed by atoms with Crippen LogP contribution in [0.5, 0.6) is 0 Å². The Bertz CT molecular complexity index is 726. The molecule has 0 spiro atoms. The first kappa shape index (κ1) is 15.1. The Morgan fingerprint density at radius 3 is 2.50 bits per heavy atom. The number of hydrogen-bond donors (Lipinski definition) is 1. The molecule has 1 unspecified atom stereocenters. The number of nitrogens with zero attached hydrogens (tertiary/aromatic N) is 2. The first-order valence-electron chi connectivity index (χ1n) is 6.81. The molecule has 0 amide bonds. The SMILES string of the molecule is OC(C1=CN(c2ccccc2Cl)CN=C1)c1ccc(Cl)cc1. The van der Waals surface area contributed by atoms with Crippen LogP contribution in [0.25, 0.3) is 0 Å². The Labute approximate surface area is 139 Å². The minimum atomic E-state index is -0.758. The van der Waals surface area contributed by atoms with E-state index < -0.39 is 6.10 Å². The van der Waals surface area contributed by atoms with Gasteiger partial charge in [-0.3, -0.25) is 4.99 Å². The molecule has 0 fully saturated rings. The van der Waals surface area contributed by atoms with Crippen LogP contribution < -0.4 is 4.90 Å². The summed E-state index contributed by atoms with van der Waals surface area (Å²) < 4.78 is 0. The van der Waals surface area contributed by atoms with Gasteiger partial charge in [0.05, 0.1) is 10.7 Å². The van der Waals surface area contributed by atoms with Gasteiger partial charge in [0.1, 0.15) is 12.8 Å². The van der Waals surface area contributed by atoms with Crippen LogP contribution >= 0.6 is 23.2 Å². The van der Waals surface area contributed by atoms with Crippen molar-refractivity contribution in [3.8, 4) is 0 Å². The molecule has 0 radical (unpaired) electrons. The van der Waals surface area contributed by atoms with Crippen LogP contribution in [0.1, 0.15) is 11.7 Å². The van der Waals surface area contributed by atoms with Gasteiger partial charge in [0.15, 0.2) is 0 Å². The third-order valence-electron chi connectivity index (χ3n) is 3.44. The van der Waals surface area contributed by atoms with E-state index in [1.165, 1.54) is 0 Å². The Morgan fingerprint density at radius 2 is 1.77 bits per heavy atom. The van der Waals surface area contributed by atoms with Crippen molar-refractivity contribution in [1.29, 1.82) is 0 Å². The molecule has 5 heteroatoms. The smallest absolute Gasteiger partial charge is 0.114 e. The Balaban J connectivity index is 1.88. The third-order valence-corrected chi connectivity index (χ3v) is 4.01. The molecule has 0 bridgehead atoms. The lowest BCUT2D eigenvalue weighted by atomic mass is 10.0. The van der Waals surface area contributed by atoms with Gasteiger partial charge in [0.2, 0.25) is 0 Å². The Hall–Kier alpha value is -1.81. The number of rotatable bonds is 3. The van der Waals surface area contributed by atoms with E-state index in [0.29, 0.717) is 22.3 Å². The molecule has 1 aliphatic rings. The second-order valence-electron chi connectivity index (χ2n) is 4.96. The molecule has 0 aliphatic carbocycles. The van der Waals surface area contributed by atoms with Crippen molar-refractivity contribution in [3.05, 3.63) is 75.9 Å². The first-order chi connectivity index (χ1) is 10.6. The minimum absolute atomic E-state index is 0.473. The average Bonchev–Trinajstić information content (AvgIpc) is 2.55. The van der Waals surface area contributed by atoms with Gasteiger partial charge in [-0.25, -0.2) is 0 Å². The molecule has 1 aliphatic heterocycles. The van der Waals surface area contributed by atoms with Crippen molar-refractivity contribution in [2.45, 2.75) is 6.10 Å². The van der Waals surface area contributed by atoms with Gasteiger partial charge in [-0.2, -0.15) is 0 Å². The number of aliphatic imine (C=N–C) groups is 1. The molecule has 2 aromatic carbocycles. The average molecular weight is 333 g/mol. The highest BCUT2D eigenvalue weighted by molar-refractivity contribution is 6.33. The molecule has 3 rings (SSSR count). The molecule has 1 atom stereocenters. The summed E-state index contributed by atoms with van der Waals surface area (Å²) in [5.41, 5.74) is 2.33. The molecule has 2 aromatic rings. The van der Waals surface area contributed by atoms with E-state index >= 15 is 0 Å². The van der Waals surface area contributed by atoms with Crippen LogP contribution in [0.4, 0.5) is 5.69 Å². The van der Waals surface area contributed by atoms with Gasteiger partial charge >= 0.3 is 0 Å². The van der Waals surface area contributed by atoms with E-state index in [1.54, 1.807) is 30.5 Å². The molecule has 22 heavy (non-hydrogen) atoms. The van der Waals surface area contributed by atoms with Crippen LogP contribution in [0.3, 0.4) is 0 Å². The summed E-state index contributed by atoms with van der Waals surface area (Å²) in [4.78, 5) is 6.22. The van der Waals surface area contributed by atoms with E-state index in [0.717, 1.165) is 11.3 Å². The Morgan fingerprint density at radius 1 is 1.05 bits per heavy atom. The predicted octanol–water partition coefficient (Wildman–Crippen LogP) is 4.46. The topological polar surface area (TPSA) is 35.8 Å². The standard InChI is InChI=1S/C17H14Cl2N2O/c18-14-7-5-12(6-8-14)17(22)13-9-20-11-21(10-13)16-4-2-1-3-15(16)19/h1-10,17,22H,11H2. The number of para-hydroxylation sites is 1. The second kappa shape index (κ2) is 6.53. The lowest BCUT2D eigenvalue weighted by Gasteiger charge is -2.25. The molecule has 0 aromatic heterocycles. The van der Waals surface area contributed by atoms with Crippen LogP contribution in [0.2, 0.25) is 10.0 Å². The zero-order valence-corrected chi connectivity index (χ0v) is 13.2. The number of aliphatic hydroxyl groups excluding tert-OH is 1. The minimum Gasteiger partial charge on any atom is -0.384 e. The highest BCUT2D eigenvalue weighted by Gasteiger charge is 2.17. The van der Waals surface area contributed by atoms with Crippen LogP contribution in [-0.4, -0.2) is 18.0 Å². The largest absolute Gasteiger partial charge is 0.384 e. The molecular weight excluding hydrogens is 319 g/mol. The van der Waals surface area contributed by atoms with Crippen molar-refractivity contribution < 1.29 is 5.11 Å². The summed E-state index contributed by atoms with van der Waals surface area (Å²) >= 11 is 12.1. The number of aliphatic hydroxyl groups is 1. The highest BCUT2D eigenvalue weighted by atomic mass is 35.5. The monoisotopic (exact) mass is 332 g/mol. The van der Waals surface area contributed by atoms with E-state index in [4.69, 9.17) is 23.2 Å². The molecule has 0 saturated heterocycles. The van der Waals surface area contributed by atoms with Crippen LogP contribution in [0, 0.1) is 0 Å².